The van der Waals surface area contributed by atoms with Crippen LogP contribution in [-0.2, 0) is 4.79 Å². The van der Waals surface area contributed by atoms with E-state index in [0.29, 0.717) is 18.4 Å². The number of carbonyl (C=O) groups excluding carboxylic acids is 1. The molecular formula is C26H37N3O2. The molecule has 31 heavy (non-hydrogen) atoms. The van der Waals surface area contributed by atoms with Gasteiger partial charge in [0.1, 0.15) is 5.75 Å². The largest absolute Gasteiger partial charge is 0.508 e. The first-order chi connectivity index (χ1) is 14.9. The molecule has 0 radical (unpaired) electrons. The first kappa shape index (κ1) is 23.1. The van der Waals surface area contributed by atoms with Crippen molar-refractivity contribution in [1.82, 2.24) is 10.2 Å². The van der Waals surface area contributed by atoms with Gasteiger partial charge in [-0.25, -0.2) is 0 Å². The zero-order valence-corrected chi connectivity index (χ0v) is 19.3. The zero-order chi connectivity index (χ0) is 22.4. The molecule has 1 heterocycles. The Morgan fingerprint density at radius 3 is 2.06 bits per heavy atom. The van der Waals surface area contributed by atoms with Crippen LogP contribution < -0.4 is 10.2 Å². The minimum atomic E-state index is 0.159. The molecule has 2 aromatic carbocycles. The van der Waals surface area contributed by atoms with Crippen molar-refractivity contribution >= 4 is 11.6 Å². The highest BCUT2D eigenvalue weighted by atomic mass is 16.3. The minimum absolute atomic E-state index is 0.159. The van der Waals surface area contributed by atoms with E-state index < -0.39 is 0 Å². The molecule has 2 aromatic rings. The number of benzene rings is 2. The van der Waals surface area contributed by atoms with E-state index in [-0.39, 0.29) is 17.7 Å². The van der Waals surface area contributed by atoms with Crippen LogP contribution >= 0.6 is 0 Å². The van der Waals surface area contributed by atoms with Crippen LogP contribution in [0.2, 0.25) is 0 Å². The van der Waals surface area contributed by atoms with E-state index in [1.165, 1.54) is 11.1 Å². The highest BCUT2D eigenvalue weighted by molar-refractivity contribution is 5.78. The summed E-state index contributed by atoms with van der Waals surface area (Å²) in [6.45, 7) is 12.3. The quantitative estimate of drug-likeness (QED) is 0.654. The van der Waals surface area contributed by atoms with Gasteiger partial charge in [0.2, 0.25) is 5.91 Å². The molecule has 0 saturated carbocycles. The molecule has 0 spiro atoms. The summed E-state index contributed by atoms with van der Waals surface area (Å²) in [5.41, 5.74) is 3.70. The number of hydrogen-bond donors (Lipinski definition) is 2. The van der Waals surface area contributed by atoms with Crippen molar-refractivity contribution in [2.24, 2.45) is 5.92 Å². The number of hydrogen-bond acceptors (Lipinski definition) is 4. The lowest BCUT2D eigenvalue weighted by Gasteiger charge is -2.36. The number of nitrogens with zero attached hydrogens (tertiary/aromatic N) is 2. The van der Waals surface area contributed by atoms with Crippen LogP contribution in [0, 0.1) is 5.92 Å². The molecule has 2 atom stereocenters. The van der Waals surface area contributed by atoms with E-state index >= 15 is 0 Å². The first-order valence-electron chi connectivity index (χ1n) is 11.5. The third-order valence-electron chi connectivity index (χ3n) is 6.46. The maximum atomic E-state index is 12.8. The number of phenolic OH excluding ortho intramolecular Hbond substituents is 1. The fourth-order valence-corrected chi connectivity index (χ4v) is 4.19. The molecular weight excluding hydrogens is 386 g/mol. The summed E-state index contributed by atoms with van der Waals surface area (Å²) in [4.78, 5) is 17.0. The highest BCUT2D eigenvalue weighted by Gasteiger charge is 2.23. The average Bonchev–Trinajstić information content (AvgIpc) is 2.79. The fraction of sp³-hybridized carbons (Fsp3) is 0.500. The molecule has 0 aromatic heterocycles. The van der Waals surface area contributed by atoms with Crippen LogP contribution in [0.4, 0.5) is 5.69 Å². The lowest BCUT2D eigenvalue weighted by Crippen LogP contribution is -2.51. The molecule has 0 unspecified atom stereocenters. The van der Waals surface area contributed by atoms with Crippen molar-refractivity contribution in [2.75, 3.05) is 37.6 Å². The zero-order valence-electron chi connectivity index (χ0n) is 19.3. The molecule has 1 aliphatic heterocycles. The maximum absolute atomic E-state index is 12.8. The summed E-state index contributed by atoms with van der Waals surface area (Å²) in [6.07, 6.45) is 1.14. The Hall–Kier alpha value is -2.53. The predicted octanol–water partition coefficient (Wildman–Crippen LogP) is 4.54. The van der Waals surface area contributed by atoms with Crippen LogP contribution in [0.15, 0.2) is 48.5 Å². The highest BCUT2D eigenvalue weighted by Crippen LogP contribution is 2.25. The number of carbonyl (C=O) groups is 1. The van der Waals surface area contributed by atoms with Gasteiger partial charge in [-0.2, -0.15) is 0 Å². The molecule has 0 bridgehead atoms. The number of phenols is 1. The van der Waals surface area contributed by atoms with Gasteiger partial charge < -0.3 is 20.2 Å². The van der Waals surface area contributed by atoms with Gasteiger partial charge in [0.05, 0.1) is 6.54 Å². The normalized spacial score (nSPS) is 16.4. The van der Waals surface area contributed by atoms with Gasteiger partial charge in [-0.3, -0.25) is 4.79 Å². The molecule has 1 amide bonds. The molecule has 1 fully saturated rings. The van der Waals surface area contributed by atoms with E-state index in [1.54, 1.807) is 12.1 Å². The molecule has 1 aliphatic rings. The topological polar surface area (TPSA) is 55.8 Å². The van der Waals surface area contributed by atoms with Crippen molar-refractivity contribution < 1.29 is 9.90 Å². The van der Waals surface area contributed by atoms with Crippen LogP contribution in [0.25, 0.3) is 0 Å². The van der Waals surface area contributed by atoms with Gasteiger partial charge in [-0.1, -0.05) is 52.0 Å². The van der Waals surface area contributed by atoms with Crippen molar-refractivity contribution in [1.29, 1.82) is 0 Å². The maximum Gasteiger partial charge on any atom is 0.236 e. The smallest absolute Gasteiger partial charge is 0.236 e. The Morgan fingerprint density at radius 1 is 0.935 bits per heavy atom. The van der Waals surface area contributed by atoms with E-state index in [9.17, 15) is 9.90 Å². The predicted molar refractivity (Wildman–Crippen MR) is 128 cm³/mol. The second kappa shape index (κ2) is 10.7. The third kappa shape index (κ3) is 6.01. The Labute approximate surface area is 187 Å². The molecule has 5 nitrogen and oxygen atoms in total. The minimum Gasteiger partial charge on any atom is -0.508 e. The van der Waals surface area contributed by atoms with E-state index in [0.717, 1.165) is 38.3 Å². The molecule has 5 heteroatoms. The Balaban J connectivity index is 1.53. The average molecular weight is 424 g/mol. The number of piperazine rings is 1. The fourth-order valence-electron chi connectivity index (χ4n) is 4.19. The summed E-state index contributed by atoms with van der Waals surface area (Å²) in [7, 11) is 0. The summed E-state index contributed by atoms with van der Waals surface area (Å²) in [5.74, 6) is 1.40. The molecule has 3 rings (SSSR count). The summed E-state index contributed by atoms with van der Waals surface area (Å²) < 4.78 is 0. The van der Waals surface area contributed by atoms with Crippen molar-refractivity contribution in [3.63, 3.8) is 0 Å². The van der Waals surface area contributed by atoms with E-state index in [2.05, 4.69) is 62.2 Å². The van der Waals surface area contributed by atoms with Crippen molar-refractivity contribution in [3.8, 4) is 5.75 Å². The molecule has 1 saturated heterocycles. The lowest BCUT2D eigenvalue weighted by molar-refractivity contribution is -0.130. The van der Waals surface area contributed by atoms with Crippen molar-refractivity contribution in [3.05, 3.63) is 59.7 Å². The van der Waals surface area contributed by atoms with Crippen LogP contribution in [0.5, 0.6) is 5.75 Å². The van der Waals surface area contributed by atoms with E-state index in [4.69, 9.17) is 0 Å². The Kier molecular flexibility index (Phi) is 7.97. The summed E-state index contributed by atoms with van der Waals surface area (Å²) in [5, 5.41) is 13.0. The monoisotopic (exact) mass is 423 g/mol. The van der Waals surface area contributed by atoms with Crippen molar-refractivity contribution in [2.45, 2.75) is 46.1 Å². The second-order valence-corrected chi connectivity index (χ2v) is 8.96. The second-order valence-electron chi connectivity index (χ2n) is 8.96. The molecule has 2 N–H and O–H groups in total. The Bertz CT molecular complexity index is 825. The Morgan fingerprint density at radius 2 is 1.52 bits per heavy atom. The number of aromatic hydroxyl groups is 1. The SMILES string of the molecule is CC[C@@H](C)c1ccc([C@@H](NCC(=O)N2CCN(c3ccc(O)cc3)CC2)C(C)C)cc1. The van der Waals surface area contributed by atoms with E-state index in [1.807, 2.05) is 17.0 Å². The van der Waals surface area contributed by atoms with Gasteiger partial charge in [-0.15, -0.1) is 0 Å². The number of rotatable bonds is 8. The van der Waals surface area contributed by atoms with Gasteiger partial charge in [-0.05, 0) is 53.6 Å². The first-order valence-corrected chi connectivity index (χ1v) is 11.5. The summed E-state index contributed by atoms with van der Waals surface area (Å²) in [6, 6.07) is 16.3. The third-order valence-corrected chi connectivity index (χ3v) is 6.46. The van der Waals surface area contributed by atoms with Crippen LogP contribution in [-0.4, -0.2) is 48.6 Å². The van der Waals surface area contributed by atoms with Gasteiger partial charge in [0, 0.05) is 37.9 Å². The molecule has 0 aliphatic carbocycles. The summed E-state index contributed by atoms with van der Waals surface area (Å²) >= 11 is 0. The standard InChI is InChI=1S/C26H37N3O2/c1-5-20(4)21-6-8-22(9-7-21)26(19(2)3)27-18-25(31)29-16-14-28(15-17-29)23-10-12-24(30)13-11-23/h6-13,19-20,26-27,30H,5,14-18H2,1-4H3/t20-,26+/m1/s1. The molecule has 168 valence electrons. The number of amides is 1. The lowest BCUT2D eigenvalue weighted by atomic mass is 9.92. The van der Waals surface area contributed by atoms with Crippen LogP contribution in [0.1, 0.15) is 57.2 Å². The van der Waals surface area contributed by atoms with Gasteiger partial charge in [0.15, 0.2) is 0 Å². The van der Waals surface area contributed by atoms with Gasteiger partial charge in [0.25, 0.3) is 0 Å². The number of nitrogens with one attached hydrogen (secondary N) is 1. The van der Waals surface area contributed by atoms with Crippen LogP contribution in [0.3, 0.4) is 0 Å². The van der Waals surface area contributed by atoms with Gasteiger partial charge >= 0.3 is 0 Å². The number of anilines is 1.